The van der Waals surface area contributed by atoms with E-state index in [0.717, 1.165) is 101 Å². The summed E-state index contributed by atoms with van der Waals surface area (Å²) in [7, 11) is 0. The molecule has 45 heavy (non-hydrogen) atoms. The summed E-state index contributed by atoms with van der Waals surface area (Å²) in [5, 5.41) is 4.87. The number of benzene rings is 1. The van der Waals surface area contributed by atoms with Crippen molar-refractivity contribution in [2.45, 2.75) is 96.8 Å². The number of amides is 2. The number of nitrogens with two attached hydrogens (primary N) is 2. The largest absolute Gasteiger partial charge is 0.404 e. The molecule has 0 bridgehead atoms. The molecule has 0 aromatic heterocycles. The Kier molecular flexibility index (Phi) is 18.6. The second-order valence-corrected chi connectivity index (χ2v) is 12.6. The number of rotatable bonds is 12. The molecule has 2 heterocycles. The van der Waals surface area contributed by atoms with Gasteiger partial charge in [-0.15, -0.1) is 0 Å². The number of hydrogen-bond donors (Lipinski definition) is 4. The monoisotopic (exact) mass is 682 g/mol. The van der Waals surface area contributed by atoms with E-state index in [2.05, 4.69) is 40.7 Å². The summed E-state index contributed by atoms with van der Waals surface area (Å²) in [5.41, 5.74) is 13.3. The van der Waals surface area contributed by atoms with Crippen LogP contribution >= 0.6 is 35.8 Å². The van der Waals surface area contributed by atoms with Gasteiger partial charge in [-0.25, -0.2) is 0 Å². The first-order chi connectivity index (χ1) is 21.8. The van der Waals surface area contributed by atoms with Crippen LogP contribution in [0.5, 0.6) is 0 Å². The van der Waals surface area contributed by atoms with Crippen molar-refractivity contribution in [2.75, 3.05) is 43.9 Å². The quantitative estimate of drug-likeness (QED) is 0.0944. The van der Waals surface area contributed by atoms with Crippen LogP contribution in [0.2, 0.25) is 5.02 Å². The van der Waals surface area contributed by atoms with Gasteiger partial charge in [0.1, 0.15) is 0 Å². The van der Waals surface area contributed by atoms with E-state index in [9.17, 15) is 9.59 Å². The summed E-state index contributed by atoms with van der Waals surface area (Å²) >= 11 is 16.5. The van der Waals surface area contributed by atoms with Gasteiger partial charge in [0.05, 0.1) is 5.57 Å². The number of piperidine rings is 1. The second kappa shape index (κ2) is 21.2. The Labute approximate surface area is 287 Å². The summed E-state index contributed by atoms with van der Waals surface area (Å²) in [6, 6.07) is 6.89. The van der Waals surface area contributed by atoms with Crippen LogP contribution in [0.25, 0.3) is 0 Å². The van der Waals surface area contributed by atoms with Gasteiger partial charge >= 0.3 is 0 Å². The van der Waals surface area contributed by atoms with Crippen molar-refractivity contribution >= 4 is 53.8 Å². The van der Waals surface area contributed by atoms with Crippen molar-refractivity contribution in [3.63, 3.8) is 0 Å². The van der Waals surface area contributed by atoms with E-state index >= 15 is 0 Å². The molecule has 2 saturated heterocycles. The average Bonchev–Trinajstić information content (AvgIpc) is 3.88. The van der Waals surface area contributed by atoms with E-state index in [1.807, 2.05) is 30.9 Å². The van der Waals surface area contributed by atoms with Crippen LogP contribution in [0.3, 0.4) is 0 Å². The molecule has 1 unspecified atom stereocenters. The van der Waals surface area contributed by atoms with Gasteiger partial charge in [0, 0.05) is 59.7 Å². The fourth-order valence-corrected chi connectivity index (χ4v) is 6.72. The lowest BCUT2D eigenvalue weighted by molar-refractivity contribution is -0.114. The molecule has 3 aliphatic rings. The number of carbonyl (C=O) groups excluding carboxylic acids is 2. The molecule has 11 heteroatoms. The zero-order valence-electron chi connectivity index (χ0n) is 27.7. The number of nitrogens with zero attached hydrogens (tertiary/aromatic N) is 3. The van der Waals surface area contributed by atoms with Crippen molar-refractivity contribution in [3.05, 3.63) is 51.7 Å². The standard InChI is InChI=1S/C31H46Cl2N6O2.C2H6.CH4S/c1-2-26-19-36-29(28(33)16-24(18-34)31(35)41)4-3-12-39(26)27-10-13-37(14-11-27)20-23-7-8-25(32)17-30(23)38(21-40)15-9-22-5-6-22;2*1-2/h7-8,16-18,21-22,26-27,29,36H,2-6,9-15,19-20,34H2,1H3,(H2,35,41);1-2H3;2H,1H3/b24-18+,28-16+;;/t26-,29?;;/m0../s1. The van der Waals surface area contributed by atoms with Crippen molar-refractivity contribution in [1.82, 2.24) is 15.1 Å². The SMILES string of the molecule is CC.CC[C@H]1CNC(/C(Cl)=C\C(=C/N)C(N)=O)CCCN1C1CCN(Cc2ccc(Cl)cc2N(C=O)CCC2CC2)CC1.CS. The van der Waals surface area contributed by atoms with E-state index in [4.69, 9.17) is 34.7 Å². The Balaban J connectivity index is 0.00000169. The molecule has 2 aliphatic heterocycles. The van der Waals surface area contributed by atoms with E-state index in [-0.39, 0.29) is 11.6 Å². The van der Waals surface area contributed by atoms with Crippen LogP contribution < -0.4 is 21.7 Å². The van der Waals surface area contributed by atoms with Crippen LogP contribution in [-0.4, -0.2) is 79.2 Å². The number of halogens is 2. The number of primary amides is 1. The first kappa shape index (κ1) is 39.4. The van der Waals surface area contributed by atoms with Crippen LogP contribution in [0.4, 0.5) is 5.69 Å². The molecular formula is C34H56Cl2N6O2S. The minimum atomic E-state index is -0.581. The highest BCUT2D eigenvalue weighted by Crippen LogP contribution is 2.34. The highest BCUT2D eigenvalue weighted by Gasteiger charge is 2.31. The predicted molar refractivity (Wildman–Crippen MR) is 194 cm³/mol. The maximum atomic E-state index is 12.0. The van der Waals surface area contributed by atoms with Crippen molar-refractivity contribution in [2.24, 2.45) is 17.4 Å². The number of carbonyl (C=O) groups is 2. The molecule has 8 nitrogen and oxygen atoms in total. The number of thiol groups is 1. The van der Waals surface area contributed by atoms with Gasteiger partial charge < -0.3 is 21.7 Å². The first-order valence-corrected chi connectivity index (χ1v) is 18.2. The van der Waals surface area contributed by atoms with E-state index in [1.165, 1.54) is 19.0 Å². The normalized spacial score (nSPS) is 22.2. The molecule has 2 atom stereocenters. The van der Waals surface area contributed by atoms with Gasteiger partial charge in [-0.2, -0.15) is 12.6 Å². The van der Waals surface area contributed by atoms with Gasteiger partial charge in [-0.05, 0) is 94.1 Å². The maximum absolute atomic E-state index is 12.0. The zero-order valence-corrected chi connectivity index (χ0v) is 30.1. The summed E-state index contributed by atoms with van der Waals surface area (Å²) in [4.78, 5) is 30.6. The molecule has 3 fully saturated rings. The average molecular weight is 684 g/mol. The summed E-state index contributed by atoms with van der Waals surface area (Å²) < 4.78 is 0. The number of anilines is 1. The lowest BCUT2D eigenvalue weighted by Gasteiger charge is -2.44. The molecule has 1 aromatic rings. The Bertz CT molecular complexity index is 1110. The molecule has 4 rings (SSSR count). The van der Waals surface area contributed by atoms with Crippen molar-refractivity contribution < 1.29 is 9.59 Å². The fraction of sp³-hybridized carbons (Fsp3) is 0.647. The Morgan fingerprint density at radius 2 is 1.82 bits per heavy atom. The Hall–Kier alpha value is -1.75. The number of likely N-dealkylation sites (tertiary alicyclic amines) is 1. The second-order valence-electron chi connectivity index (χ2n) is 11.7. The van der Waals surface area contributed by atoms with E-state index in [1.54, 1.807) is 12.3 Å². The number of hydrogen-bond acceptors (Lipinski definition) is 7. The molecular weight excluding hydrogens is 627 g/mol. The van der Waals surface area contributed by atoms with Gasteiger partial charge in [0.25, 0.3) is 0 Å². The summed E-state index contributed by atoms with van der Waals surface area (Å²) in [5.74, 6) is 0.189. The van der Waals surface area contributed by atoms with Crippen LogP contribution in [0.1, 0.15) is 77.7 Å². The summed E-state index contributed by atoms with van der Waals surface area (Å²) in [6.07, 6.45) is 14.2. The number of nitrogens with one attached hydrogen (secondary N) is 1. The highest BCUT2D eigenvalue weighted by atomic mass is 35.5. The minimum Gasteiger partial charge on any atom is -0.404 e. The maximum Gasteiger partial charge on any atom is 0.250 e. The van der Waals surface area contributed by atoms with Crippen LogP contribution in [0, 0.1) is 5.92 Å². The van der Waals surface area contributed by atoms with E-state index in [0.29, 0.717) is 22.1 Å². The van der Waals surface area contributed by atoms with Crippen LogP contribution in [-0.2, 0) is 16.1 Å². The third-order valence-corrected chi connectivity index (χ3v) is 9.53. The van der Waals surface area contributed by atoms with Crippen molar-refractivity contribution in [3.8, 4) is 0 Å². The molecule has 254 valence electrons. The molecule has 1 aromatic carbocycles. The zero-order chi connectivity index (χ0) is 33.4. The Morgan fingerprint density at radius 3 is 2.40 bits per heavy atom. The van der Waals surface area contributed by atoms with Gasteiger partial charge in [0.15, 0.2) is 0 Å². The molecule has 5 N–H and O–H groups in total. The molecule has 2 amide bonds. The molecule has 0 radical (unpaired) electrons. The van der Waals surface area contributed by atoms with Gasteiger partial charge in [-0.1, -0.05) is 62.9 Å². The highest BCUT2D eigenvalue weighted by molar-refractivity contribution is 7.79. The lowest BCUT2D eigenvalue weighted by Crippen LogP contribution is -2.54. The summed E-state index contributed by atoms with van der Waals surface area (Å²) in [6.45, 7) is 11.7. The third kappa shape index (κ3) is 12.4. The smallest absolute Gasteiger partial charge is 0.250 e. The molecule has 1 aliphatic carbocycles. The molecule has 0 spiro atoms. The van der Waals surface area contributed by atoms with Gasteiger partial charge in [-0.3, -0.25) is 19.4 Å². The van der Waals surface area contributed by atoms with Crippen LogP contribution in [0.15, 0.2) is 41.1 Å². The van der Waals surface area contributed by atoms with E-state index < -0.39 is 5.91 Å². The Morgan fingerprint density at radius 1 is 1.13 bits per heavy atom. The lowest BCUT2D eigenvalue weighted by atomic mass is 9.96. The third-order valence-electron chi connectivity index (χ3n) is 8.92. The first-order valence-electron chi connectivity index (χ1n) is 16.6. The molecule has 1 saturated carbocycles. The topological polar surface area (TPSA) is 108 Å². The van der Waals surface area contributed by atoms with Gasteiger partial charge in [0.2, 0.25) is 12.3 Å². The predicted octanol–water partition coefficient (Wildman–Crippen LogP) is 5.92. The van der Waals surface area contributed by atoms with Crippen molar-refractivity contribution in [1.29, 1.82) is 0 Å². The fourth-order valence-electron chi connectivity index (χ4n) is 6.25. The minimum absolute atomic E-state index is 0.0206.